The molecule has 1 aliphatic heterocycles. The highest BCUT2D eigenvalue weighted by Crippen LogP contribution is 2.13. The van der Waals surface area contributed by atoms with E-state index < -0.39 is 0 Å². The molecule has 5 heteroatoms. The molecule has 19 heavy (non-hydrogen) atoms. The highest BCUT2D eigenvalue weighted by molar-refractivity contribution is 5.30. The average molecular weight is 263 g/mol. The fourth-order valence-electron chi connectivity index (χ4n) is 2.53. The van der Waals surface area contributed by atoms with Crippen LogP contribution in [0.1, 0.15) is 26.0 Å². The summed E-state index contributed by atoms with van der Waals surface area (Å²) in [6, 6.07) is 0.669. The predicted octanol–water partition coefficient (Wildman–Crippen LogP) is 1.43. The number of likely N-dealkylation sites (N-methyl/N-ethyl adjacent to an activating group) is 1. The van der Waals surface area contributed by atoms with Gasteiger partial charge in [0.05, 0.1) is 18.1 Å². The van der Waals surface area contributed by atoms with E-state index in [0.717, 1.165) is 44.2 Å². The molecule has 1 unspecified atom stereocenters. The lowest BCUT2D eigenvalue weighted by Gasteiger charge is -2.38. The second-order valence-corrected chi connectivity index (χ2v) is 5.20. The second kappa shape index (κ2) is 6.82. The maximum atomic E-state index is 4.48. The van der Waals surface area contributed by atoms with Gasteiger partial charge in [0.1, 0.15) is 5.82 Å². The van der Waals surface area contributed by atoms with Crippen molar-refractivity contribution in [3.8, 4) is 0 Å². The van der Waals surface area contributed by atoms with E-state index in [-0.39, 0.29) is 0 Å². The van der Waals surface area contributed by atoms with Crippen molar-refractivity contribution in [2.24, 2.45) is 0 Å². The van der Waals surface area contributed by atoms with Gasteiger partial charge in [-0.15, -0.1) is 0 Å². The molecule has 1 N–H and O–H groups in total. The van der Waals surface area contributed by atoms with Crippen molar-refractivity contribution < 1.29 is 0 Å². The maximum absolute atomic E-state index is 4.48. The number of hydrogen-bond acceptors (Lipinski definition) is 5. The van der Waals surface area contributed by atoms with Crippen molar-refractivity contribution in [3.63, 3.8) is 0 Å². The Balaban J connectivity index is 1.90. The molecule has 0 amide bonds. The Bertz CT molecular complexity index is 378. The van der Waals surface area contributed by atoms with Crippen LogP contribution in [0.25, 0.3) is 0 Å². The molecule has 0 aliphatic carbocycles. The summed E-state index contributed by atoms with van der Waals surface area (Å²) in [6.07, 6.45) is 4.92. The first-order valence-electron chi connectivity index (χ1n) is 7.20. The van der Waals surface area contributed by atoms with Crippen LogP contribution in [0.5, 0.6) is 0 Å². The van der Waals surface area contributed by atoms with E-state index in [1.807, 2.05) is 12.4 Å². The topological polar surface area (TPSA) is 44.3 Å². The van der Waals surface area contributed by atoms with Gasteiger partial charge in [0.2, 0.25) is 0 Å². The van der Waals surface area contributed by atoms with Gasteiger partial charge in [-0.2, -0.15) is 0 Å². The van der Waals surface area contributed by atoms with Crippen LogP contribution in [0.15, 0.2) is 12.4 Å². The van der Waals surface area contributed by atoms with Gasteiger partial charge in [-0.3, -0.25) is 9.88 Å². The van der Waals surface area contributed by atoms with Gasteiger partial charge in [0.25, 0.3) is 0 Å². The third-order valence-corrected chi connectivity index (χ3v) is 3.78. The number of anilines is 1. The summed E-state index contributed by atoms with van der Waals surface area (Å²) in [5.41, 5.74) is 1.06. The zero-order valence-corrected chi connectivity index (χ0v) is 12.3. The van der Waals surface area contributed by atoms with Crippen molar-refractivity contribution in [1.82, 2.24) is 19.8 Å². The zero-order valence-electron chi connectivity index (χ0n) is 12.3. The molecule has 2 heterocycles. The minimum atomic E-state index is 0.669. The van der Waals surface area contributed by atoms with Gasteiger partial charge in [0.15, 0.2) is 0 Å². The minimum absolute atomic E-state index is 0.669. The number of hydrogen-bond donors (Lipinski definition) is 1. The van der Waals surface area contributed by atoms with Crippen LogP contribution in [-0.2, 0) is 6.54 Å². The summed E-state index contributed by atoms with van der Waals surface area (Å²) in [4.78, 5) is 13.8. The smallest absolute Gasteiger partial charge is 0.144 e. The van der Waals surface area contributed by atoms with E-state index in [9.17, 15) is 0 Å². The van der Waals surface area contributed by atoms with Gasteiger partial charge >= 0.3 is 0 Å². The van der Waals surface area contributed by atoms with Crippen LogP contribution in [-0.4, -0.2) is 59.0 Å². The predicted molar refractivity (Wildman–Crippen MR) is 78.2 cm³/mol. The van der Waals surface area contributed by atoms with E-state index >= 15 is 0 Å². The van der Waals surface area contributed by atoms with E-state index in [0.29, 0.717) is 6.04 Å². The molecular weight excluding hydrogens is 238 g/mol. The summed E-state index contributed by atoms with van der Waals surface area (Å²) in [5, 5.41) is 3.17. The van der Waals surface area contributed by atoms with Crippen LogP contribution in [0.4, 0.5) is 5.82 Å². The average Bonchev–Trinajstić information content (AvgIpc) is 2.43. The van der Waals surface area contributed by atoms with Crippen molar-refractivity contribution in [1.29, 1.82) is 0 Å². The highest BCUT2D eigenvalue weighted by Gasteiger charge is 2.22. The number of nitrogens with zero attached hydrogens (tertiary/aromatic N) is 4. The fourth-order valence-corrected chi connectivity index (χ4v) is 2.53. The molecule has 1 atom stereocenters. The second-order valence-electron chi connectivity index (χ2n) is 5.20. The molecule has 0 aromatic carbocycles. The molecule has 2 rings (SSSR count). The molecule has 1 aromatic rings. The molecule has 5 nitrogen and oxygen atoms in total. The largest absolute Gasteiger partial charge is 0.369 e. The minimum Gasteiger partial charge on any atom is -0.369 e. The quantitative estimate of drug-likeness (QED) is 0.871. The molecule has 1 saturated heterocycles. The normalized spacial score (nSPS) is 21.5. The molecule has 106 valence electrons. The Kier molecular flexibility index (Phi) is 5.10. The van der Waals surface area contributed by atoms with E-state index in [1.54, 1.807) is 0 Å². The molecule has 1 aliphatic rings. The Morgan fingerprint density at radius 1 is 1.26 bits per heavy atom. The van der Waals surface area contributed by atoms with Crippen molar-refractivity contribution in [2.45, 2.75) is 32.9 Å². The number of aromatic nitrogens is 2. The first-order valence-corrected chi connectivity index (χ1v) is 7.20. The Hall–Kier alpha value is -1.20. The molecule has 0 radical (unpaired) electrons. The van der Waals surface area contributed by atoms with Gasteiger partial charge in [-0.25, -0.2) is 4.98 Å². The standard InChI is InChI=1S/C14H25N5/c1-4-13-11-19(7-6-18(13)3)10-12-8-17-14(9-16-12)15-5-2/h8-9,13H,4-7,10-11H2,1-3H3,(H,15,17). The summed E-state index contributed by atoms with van der Waals surface area (Å²) in [6.45, 7) is 9.49. The summed E-state index contributed by atoms with van der Waals surface area (Å²) >= 11 is 0. The summed E-state index contributed by atoms with van der Waals surface area (Å²) in [5.74, 6) is 0.857. The van der Waals surface area contributed by atoms with Gasteiger partial charge in [0, 0.05) is 38.8 Å². The summed E-state index contributed by atoms with van der Waals surface area (Å²) < 4.78 is 0. The van der Waals surface area contributed by atoms with Crippen LogP contribution < -0.4 is 5.32 Å². The van der Waals surface area contributed by atoms with Gasteiger partial charge in [-0.05, 0) is 20.4 Å². The Labute approximate surface area is 116 Å². The van der Waals surface area contributed by atoms with Crippen LogP contribution in [0, 0.1) is 0 Å². The molecule has 0 spiro atoms. The molecule has 0 saturated carbocycles. The number of rotatable bonds is 5. The maximum Gasteiger partial charge on any atom is 0.144 e. The van der Waals surface area contributed by atoms with E-state index in [4.69, 9.17) is 0 Å². The first-order chi connectivity index (χ1) is 9.22. The van der Waals surface area contributed by atoms with Gasteiger partial charge < -0.3 is 10.2 Å². The Morgan fingerprint density at radius 2 is 2.11 bits per heavy atom. The van der Waals surface area contributed by atoms with E-state index in [2.05, 4.69) is 46.0 Å². The lowest BCUT2D eigenvalue weighted by molar-refractivity contribution is 0.0874. The zero-order chi connectivity index (χ0) is 13.7. The molecular formula is C14H25N5. The SMILES string of the molecule is CCNc1cnc(CN2CCN(C)C(CC)C2)cn1. The van der Waals surface area contributed by atoms with Crippen LogP contribution in [0.2, 0.25) is 0 Å². The monoisotopic (exact) mass is 263 g/mol. The third kappa shape index (κ3) is 3.88. The van der Waals surface area contributed by atoms with Crippen molar-refractivity contribution in [2.75, 3.05) is 38.5 Å². The molecule has 1 aromatic heterocycles. The number of nitrogens with one attached hydrogen (secondary N) is 1. The molecule has 1 fully saturated rings. The fraction of sp³-hybridized carbons (Fsp3) is 0.714. The highest BCUT2D eigenvalue weighted by atomic mass is 15.3. The van der Waals surface area contributed by atoms with Gasteiger partial charge in [-0.1, -0.05) is 6.92 Å². The van der Waals surface area contributed by atoms with Crippen LogP contribution >= 0.6 is 0 Å². The van der Waals surface area contributed by atoms with Crippen molar-refractivity contribution >= 4 is 5.82 Å². The third-order valence-electron chi connectivity index (χ3n) is 3.78. The lowest BCUT2D eigenvalue weighted by atomic mass is 10.1. The van der Waals surface area contributed by atoms with E-state index in [1.165, 1.54) is 6.42 Å². The first kappa shape index (κ1) is 14.2. The van der Waals surface area contributed by atoms with Crippen LogP contribution in [0.3, 0.4) is 0 Å². The summed E-state index contributed by atoms with van der Waals surface area (Å²) in [7, 11) is 2.22. The lowest BCUT2D eigenvalue weighted by Crippen LogP contribution is -2.50. The van der Waals surface area contributed by atoms with Crippen molar-refractivity contribution in [3.05, 3.63) is 18.1 Å². The number of piperazine rings is 1. The Morgan fingerprint density at radius 3 is 2.74 bits per heavy atom. The molecule has 0 bridgehead atoms.